The minimum absolute atomic E-state index is 0.0932. The van der Waals surface area contributed by atoms with E-state index in [1.165, 1.54) is 0 Å². The molecular formula is C16H31NO4. The van der Waals surface area contributed by atoms with Crippen molar-refractivity contribution in [1.82, 2.24) is 0 Å². The highest BCUT2D eigenvalue weighted by molar-refractivity contribution is 5.69. The molecule has 0 aliphatic carbocycles. The average Bonchev–Trinajstić information content (AvgIpc) is 2.47. The summed E-state index contributed by atoms with van der Waals surface area (Å²) in [6.45, 7) is 4.96. The van der Waals surface area contributed by atoms with Crippen LogP contribution in [0, 0.1) is 0 Å². The first-order chi connectivity index (χ1) is 10.1. The molecule has 0 spiro atoms. The van der Waals surface area contributed by atoms with E-state index in [9.17, 15) is 9.59 Å². The predicted octanol–water partition coefficient (Wildman–Crippen LogP) is 2.95. The summed E-state index contributed by atoms with van der Waals surface area (Å²) in [5.74, 6) is -0.258. The fourth-order valence-electron chi connectivity index (χ4n) is 1.90. The summed E-state index contributed by atoms with van der Waals surface area (Å²) in [7, 11) is 0. The van der Waals surface area contributed by atoms with Crippen LogP contribution in [0.3, 0.4) is 0 Å². The van der Waals surface area contributed by atoms with E-state index < -0.39 is 0 Å². The molecule has 0 rings (SSSR count). The second kappa shape index (κ2) is 13.9. The molecule has 0 radical (unpaired) electrons. The van der Waals surface area contributed by atoms with Crippen molar-refractivity contribution in [2.45, 2.75) is 77.7 Å². The second-order valence-electron chi connectivity index (χ2n) is 5.34. The van der Waals surface area contributed by atoms with Gasteiger partial charge in [-0.2, -0.15) is 0 Å². The van der Waals surface area contributed by atoms with Crippen molar-refractivity contribution in [2.24, 2.45) is 5.73 Å². The summed E-state index contributed by atoms with van der Waals surface area (Å²) in [6, 6.07) is 0.0932. The molecule has 2 N–H and O–H groups in total. The minimum atomic E-state index is -0.136. The Bertz CT molecular complexity index is 281. The molecule has 0 amide bonds. The Labute approximate surface area is 128 Å². The lowest BCUT2D eigenvalue weighted by atomic mass is 10.0. The number of carbonyl (C=O) groups is 2. The van der Waals surface area contributed by atoms with Gasteiger partial charge in [-0.1, -0.05) is 20.3 Å². The zero-order valence-electron chi connectivity index (χ0n) is 13.6. The molecule has 5 nitrogen and oxygen atoms in total. The van der Waals surface area contributed by atoms with Crippen molar-refractivity contribution < 1.29 is 19.1 Å². The summed E-state index contributed by atoms with van der Waals surface area (Å²) in [4.78, 5) is 22.6. The predicted molar refractivity (Wildman–Crippen MR) is 82.8 cm³/mol. The van der Waals surface area contributed by atoms with Crippen LogP contribution in [0.1, 0.15) is 71.6 Å². The standard InChI is InChI=1S/C16H31NO4/c1-3-12-20-15(18)10-6-5-8-14(17)9-7-11-16(19)21-13-4-2/h14H,3-13,17H2,1-2H3. The Hall–Kier alpha value is -1.10. The molecule has 0 saturated carbocycles. The Morgan fingerprint density at radius 2 is 1.33 bits per heavy atom. The smallest absolute Gasteiger partial charge is 0.305 e. The van der Waals surface area contributed by atoms with Crippen molar-refractivity contribution in [2.75, 3.05) is 13.2 Å². The Morgan fingerprint density at radius 3 is 1.86 bits per heavy atom. The summed E-state index contributed by atoms with van der Waals surface area (Å²) in [6.07, 6.45) is 6.82. The van der Waals surface area contributed by atoms with Gasteiger partial charge in [0.2, 0.25) is 0 Å². The normalized spacial score (nSPS) is 12.0. The van der Waals surface area contributed by atoms with Crippen LogP contribution >= 0.6 is 0 Å². The quantitative estimate of drug-likeness (QED) is 0.418. The molecule has 0 aromatic rings. The molecule has 0 fully saturated rings. The number of ether oxygens (including phenoxy) is 2. The third kappa shape index (κ3) is 13.6. The maximum Gasteiger partial charge on any atom is 0.305 e. The lowest BCUT2D eigenvalue weighted by Gasteiger charge is -2.11. The molecule has 1 unspecified atom stereocenters. The highest BCUT2D eigenvalue weighted by atomic mass is 16.5. The highest BCUT2D eigenvalue weighted by Crippen LogP contribution is 2.09. The minimum Gasteiger partial charge on any atom is -0.466 e. The van der Waals surface area contributed by atoms with E-state index in [1.807, 2.05) is 13.8 Å². The van der Waals surface area contributed by atoms with E-state index in [4.69, 9.17) is 15.2 Å². The van der Waals surface area contributed by atoms with E-state index in [-0.39, 0.29) is 18.0 Å². The highest BCUT2D eigenvalue weighted by Gasteiger charge is 2.07. The van der Waals surface area contributed by atoms with Gasteiger partial charge >= 0.3 is 11.9 Å². The van der Waals surface area contributed by atoms with Crippen molar-refractivity contribution >= 4 is 11.9 Å². The van der Waals surface area contributed by atoms with Crippen LogP contribution in [0.4, 0.5) is 0 Å². The Morgan fingerprint density at radius 1 is 0.857 bits per heavy atom. The summed E-state index contributed by atoms with van der Waals surface area (Å²) in [5, 5.41) is 0. The molecule has 0 aromatic heterocycles. The van der Waals surface area contributed by atoms with E-state index in [1.54, 1.807) is 0 Å². The van der Waals surface area contributed by atoms with Crippen molar-refractivity contribution in [1.29, 1.82) is 0 Å². The average molecular weight is 301 g/mol. The molecule has 0 aliphatic rings. The first-order valence-corrected chi connectivity index (χ1v) is 8.16. The molecule has 1 atom stereocenters. The number of carbonyl (C=O) groups excluding carboxylic acids is 2. The fourth-order valence-corrected chi connectivity index (χ4v) is 1.90. The first-order valence-electron chi connectivity index (χ1n) is 8.16. The summed E-state index contributed by atoms with van der Waals surface area (Å²) >= 11 is 0. The van der Waals surface area contributed by atoms with Crippen molar-refractivity contribution in [3.63, 3.8) is 0 Å². The van der Waals surface area contributed by atoms with E-state index in [0.717, 1.165) is 44.9 Å². The van der Waals surface area contributed by atoms with Gasteiger partial charge < -0.3 is 15.2 Å². The molecule has 21 heavy (non-hydrogen) atoms. The summed E-state index contributed by atoms with van der Waals surface area (Å²) < 4.78 is 10.00. The zero-order valence-corrected chi connectivity index (χ0v) is 13.6. The fraction of sp³-hybridized carbons (Fsp3) is 0.875. The third-order valence-corrected chi connectivity index (χ3v) is 3.10. The number of rotatable bonds is 13. The maximum absolute atomic E-state index is 11.3. The van der Waals surface area contributed by atoms with Gasteiger partial charge in [0.15, 0.2) is 0 Å². The molecule has 0 saturated heterocycles. The van der Waals surface area contributed by atoms with Gasteiger partial charge in [0.05, 0.1) is 13.2 Å². The van der Waals surface area contributed by atoms with Gasteiger partial charge in [0, 0.05) is 18.9 Å². The molecule has 0 aromatic carbocycles. The van der Waals surface area contributed by atoms with Crippen LogP contribution in [0.15, 0.2) is 0 Å². The topological polar surface area (TPSA) is 78.6 Å². The van der Waals surface area contributed by atoms with Crippen molar-refractivity contribution in [3.8, 4) is 0 Å². The molecule has 5 heteroatoms. The number of nitrogens with two attached hydrogens (primary N) is 1. The maximum atomic E-state index is 11.3. The third-order valence-electron chi connectivity index (χ3n) is 3.10. The lowest BCUT2D eigenvalue weighted by Crippen LogP contribution is -2.20. The first kappa shape index (κ1) is 19.9. The van der Waals surface area contributed by atoms with Gasteiger partial charge in [0.25, 0.3) is 0 Å². The number of hydrogen-bond donors (Lipinski definition) is 1. The zero-order chi connectivity index (χ0) is 15.9. The van der Waals surface area contributed by atoms with Crippen molar-refractivity contribution in [3.05, 3.63) is 0 Å². The van der Waals surface area contributed by atoms with Crippen LogP contribution in [-0.4, -0.2) is 31.2 Å². The molecule has 0 heterocycles. The van der Waals surface area contributed by atoms with Gasteiger partial charge in [-0.05, 0) is 38.5 Å². The largest absolute Gasteiger partial charge is 0.466 e. The lowest BCUT2D eigenvalue weighted by molar-refractivity contribution is -0.144. The van der Waals surface area contributed by atoms with Gasteiger partial charge in [-0.25, -0.2) is 0 Å². The van der Waals surface area contributed by atoms with E-state index in [2.05, 4.69) is 0 Å². The van der Waals surface area contributed by atoms with Crippen LogP contribution < -0.4 is 5.73 Å². The molecule has 124 valence electrons. The SMILES string of the molecule is CCCOC(=O)CCCCC(N)CCCC(=O)OCCC. The van der Waals surface area contributed by atoms with Crippen LogP contribution in [-0.2, 0) is 19.1 Å². The Kier molecular flexibility index (Phi) is 13.1. The monoisotopic (exact) mass is 301 g/mol. The van der Waals surface area contributed by atoms with E-state index >= 15 is 0 Å². The number of esters is 2. The number of hydrogen-bond acceptors (Lipinski definition) is 5. The molecule has 0 aliphatic heterocycles. The number of unbranched alkanes of at least 4 members (excludes halogenated alkanes) is 1. The van der Waals surface area contributed by atoms with Crippen LogP contribution in [0.2, 0.25) is 0 Å². The molecule has 0 bridgehead atoms. The summed E-state index contributed by atoms with van der Waals surface area (Å²) in [5.41, 5.74) is 5.99. The molecular weight excluding hydrogens is 270 g/mol. The van der Waals surface area contributed by atoms with Gasteiger partial charge in [-0.3, -0.25) is 9.59 Å². The Balaban J connectivity index is 3.43. The van der Waals surface area contributed by atoms with Gasteiger partial charge in [-0.15, -0.1) is 0 Å². The van der Waals surface area contributed by atoms with Gasteiger partial charge in [0.1, 0.15) is 0 Å². The van der Waals surface area contributed by atoms with E-state index in [0.29, 0.717) is 26.1 Å². The van der Waals surface area contributed by atoms with Crippen LogP contribution in [0.5, 0.6) is 0 Å². The van der Waals surface area contributed by atoms with Crippen LogP contribution in [0.25, 0.3) is 0 Å². The second-order valence-corrected chi connectivity index (χ2v) is 5.34.